The van der Waals surface area contributed by atoms with E-state index in [1.807, 2.05) is 124 Å². The Morgan fingerprint density at radius 2 is 1.70 bits per heavy atom. The number of thiazole rings is 3. The Balaban J connectivity index is 0.603. The van der Waals surface area contributed by atoms with E-state index in [9.17, 15) is 34.2 Å². The monoisotopic (exact) mass is 1190 g/mol. The summed E-state index contributed by atoms with van der Waals surface area (Å²) in [6.45, 7) is 11.2. The zero-order valence-corrected chi connectivity index (χ0v) is 50.1. The van der Waals surface area contributed by atoms with Crippen LogP contribution in [0.1, 0.15) is 113 Å². The SMILES string of the molecule is Cc1ncsc1-c1ccc(CNC(=O)[C@@H]2C[C@@H](O)CN2C(=O)[C@@H](NC(=O)CN2CC3(CCC(C#Cc4ccc(OCCCc5sc(N6CCc7cccc(C(=O)Nc8nc9ccccc9s8)c7C6)nc5C(=O)O)cc4)CC3)C2)C(C)(C)C)cc1. The second kappa shape index (κ2) is 25.0. The van der Waals surface area contributed by atoms with E-state index in [1.54, 1.807) is 11.3 Å². The fraction of sp³-hybridized carbons (Fsp3) is 0.406. The molecule has 4 amide bonds. The summed E-state index contributed by atoms with van der Waals surface area (Å²) in [4.78, 5) is 88.4. The largest absolute Gasteiger partial charge is 0.494 e. The standard InChI is InChI=1S/C64H69N9O8S3/c1-39-55(82-38-66-39)44-20-16-42(17-21-44)32-65-58(77)50-31-45(74)33-73(50)59(78)56(63(2,3)4)68-53(75)35-71-36-64(37-71)27-24-41(25-28-64)15-14-40-18-22-46(23-19-40)81-30-8-13-52-54(60(79)80)69-62(84-52)72-29-26-43-9-7-10-47(48(43)34-72)57(76)70-61-67-49-11-5-6-12-51(49)83-61/h5-7,9-12,16-23,38,41,45,50,56,74H,8,13,24-37H2,1-4H3,(H,65,77)(H,68,75)(H,79,80)(H,67,70,76)/t45-,50+,56-/m1/s1. The van der Waals surface area contributed by atoms with Gasteiger partial charge in [-0.15, -0.1) is 22.7 Å². The van der Waals surface area contributed by atoms with Crippen molar-refractivity contribution in [1.29, 1.82) is 0 Å². The van der Waals surface area contributed by atoms with E-state index in [0.29, 0.717) is 65.4 Å². The molecule has 5 N–H and O–H groups in total. The third-order valence-electron chi connectivity index (χ3n) is 16.5. The van der Waals surface area contributed by atoms with Crippen LogP contribution in [0.2, 0.25) is 0 Å². The van der Waals surface area contributed by atoms with Gasteiger partial charge >= 0.3 is 5.97 Å². The number of carbonyl (C=O) groups excluding carboxylic acids is 4. The number of carboxylic acids is 1. The van der Waals surface area contributed by atoms with Gasteiger partial charge in [0, 0.05) is 67.6 Å². The number of para-hydroxylation sites is 1. The molecule has 1 saturated carbocycles. The number of hydrogen-bond acceptors (Lipinski definition) is 15. The molecular weight excluding hydrogens is 1120 g/mol. The zero-order valence-electron chi connectivity index (χ0n) is 47.6. The Kier molecular flexibility index (Phi) is 17.3. The summed E-state index contributed by atoms with van der Waals surface area (Å²) in [5.41, 5.74) is 8.58. The molecule has 1 aliphatic carbocycles. The Bertz CT molecular complexity index is 3600. The van der Waals surface area contributed by atoms with E-state index in [2.05, 4.69) is 52.5 Å². The maximum absolute atomic E-state index is 14.2. The molecule has 436 valence electrons. The first kappa shape index (κ1) is 58.2. The number of likely N-dealkylation sites (tertiary alicyclic amines) is 2. The van der Waals surface area contributed by atoms with Crippen molar-refractivity contribution in [3.63, 3.8) is 0 Å². The van der Waals surface area contributed by atoms with Gasteiger partial charge in [-0.2, -0.15) is 0 Å². The van der Waals surface area contributed by atoms with Gasteiger partial charge in [-0.1, -0.05) is 92.5 Å². The number of benzene rings is 4. The van der Waals surface area contributed by atoms with E-state index >= 15 is 0 Å². The van der Waals surface area contributed by atoms with Crippen molar-refractivity contribution in [3.05, 3.63) is 141 Å². The van der Waals surface area contributed by atoms with Crippen LogP contribution in [0, 0.1) is 35.5 Å². The van der Waals surface area contributed by atoms with Gasteiger partial charge in [0.25, 0.3) is 5.91 Å². The summed E-state index contributed by atoms with van der Waals surface area (Å²) in [7, 11) is 0. The molecule has 84 heavy (non-hydrogen) atoms. The van der Waals surface area contributed by atoms with Crippen molar-refractivity contribution in [3.8, 4) is 28.0 Å². The van der Waals surface area contributed by atoms with Crippen LogP contribution in [0.25, 0.3) is 20.7 Å². The minimum atomic E-state index is -1.07. The lowest BCUT2D eigenvalue weighted by Gasteiger charge is -2.53. The summed E-state index contributed by atoms with van der Waals surface area (Å²) in [5.74, 6) is 5.59. The van der Waals surface area contributed by atoms with Crippen LogP contribution in [0.4, 0.5) is 10.3 Å². The lowest BCUT2D eigenvalue weighted by atomic mass is 9.66. The summed E-state index contributed by atoms with van der Waals surface area (Å²) < 4.78 is 7.08. The number of aliphatic hydroxyl groups excluding tert-OH is 1. The molecule has 4 aromatic carbocycles. The molecule has 3 aromatic heterocycles. The molecule has 3 atom stereocenters. The number of carboxylic acid groups (broad SMARTS) is 1. The number of hydrogen-bond donors (Lipinski definition) is 5. The van der Waals surface area contributed by atoms with Gasteiger partial charge in [0.05, 0.1) is 45.6 Å². The number of ether oxygens (including phenoxy) is 1. The zero-order chi connectivity index (χ0) is 58.7. The summed E-state index contributed by atoms with van der Waals surface area (Å²) >= 11 is 4.39. The highest BCUT2D eigenvalue weighted by Crippen LogP contribution is 2.45. The lowest BCUT2D eigenvalue weighted by molar-refractivity contribution is -0.144. The van der Waals surface area contributed by atoms with Crippen LogP contribution in [0.5, 0.6) is 5.75 Å². The third-order valence-corrected chi connectivity index (χ3v) is 19.6. The van der Waals surface area contributed by atoms with Crippen molar-refractivity contribution < 1.29 is 38.9 Å². The highest BCUT2D eigenvalue weighted by Gasteiger charge is 2.47. The summed E-state index contributed by atoms with van der Waals surface area (Å²) in [6, 6.07) is 27.4. The molecule has 4 aliphatic rings. The van der Waals surface area contributed by atoms with E-state index in [4.69, 9.17) is 4.74 Å². The number of anilines is 2. The van der Waals surface area contributed by atoms with E-state index in [0.717, 1.165) is 87.4 Å². The highest BCUT2D eigenvalue weighted by molar-refractivity contribution is 7.22. The first-order valence-electron chi connectivity index (χ1n) is 28.7. The molecule has 0 unspecified atom stereocenters. The minimum Gasteiger partial charge on any atom is -0.494 e. The first-order valence-corrected chi connectivity index (χ1v) is 31.2. The minimum absolute atomic E-state index is 0.0148. The summed E-state index contributed by atoms with van der Waals surface area (Å²) in [6.07, 6.45) is 5.05. The first-order chi connectivity index (χ1) is 40.4. The van der Waals surface area contributed by atoms with Gasteiger partial charge in [-0.3, -0.25) is 29.4 Å². The van der Waals surface area contributed by atoms with Gasteiger partial charge in [-0.05, 0) is 127 Å². The maximum atomic E-state index is 14.2. The van der Waals surface area contributed by atoms with Crippen LogP contribution in [-0.4, -0.2) is 122 Å². The van der Waals surface area contributed by atoms with Crippen LogP contribution >= 0.6 is 34.0 Å². The number of aliphatic hydroxyl groups is 1. The van der Waals surface area contributed by atoms with Gasteiger partial charge < -0.3 is 35.4 Å². The molecular formula is C64H69N9O8S3. The fourth-order valence-electron chi connectivity index (χ4n) is 12.0. The number of rotatable bonds is 17. The normalized spacial score (nSPS) is 18.1. The average molecular weight is 1190 g/mol. The number of β-amino-alcohol motifs (C(OH)–C–C–N with tert-alkyl or cyclic N) is 1. The van der Waals surface area contributed by atoms with Crippen molar-refractivity contribution in [2.75, 3.05) is 49.5 Å². The van der Waals surface area contributed by atoms with E-state index in [-0.39, 0.29) is 66.7 Å². The van der Waals surface area contributed by atoms with Crippen molar-refractivity contribution in [2.24, 2.45) is 16.7 Å². The van der Waals surface area contributed by atoms with Gasteiger partial charge in [-0.25, -0.2) is 19.7 Å². The van der Waals surface area contributed by atoms with Crippen molar-refractivity contribution in [1.82, 2.24) is 35.4 Å². The van der Waals surface area contributed by atoms with Crippen LogP contribution in [0.3, 0.4) is 0 Å². The van der Waals surface area contributed by atoms with Crippen LogP contribution < -0.4 is 25.6 Å². The number of fused-ring (bicyclic) bond motifs is 2. The second-order valence-corrected chi connectivity index (χ2v) is 26.7. The molecule has 11 rings (SSSR count). The number of amides is 4. The number of aromatic nitrogens is 3. The molecule has 3 aliphatic heterocycles. The molecule has 6 heterocycles. The Labute approximate surface area is 500 Å². The Morgan fingerprint density at radius 1 is 0.929 bits per heavy atom. The Hall–Kier alpha value is -7.54. The second-order valence-electron chi connectivity index (χ2n) is 23.7. The van der Waals surface area contributed by atoms with Gasteiger partial charge in [0.2, 0.25) is 17.7 Å². The number of nitrogens with one attached hydrogen (secondary N) is 3. The Morgan fingerprint density at radius 3 is 2.43 bits per heavy atom. The average Bonchev–Trinajstić information content (AvgIpc) is 1.88. The lowest BCUT2D eigenvalue weighted by Crippen LogP contribution is -2.62. The smallest absolute Gasteiger partial charge is 0.355 e. The van der Waals surface area contributed by atoms with Crippen LogP contribution in [-0.2, 0) is 40.3 Å². The molecule has 3 fully saturated rings. The van der Waals surface area contributed by atoms with Crippen LogP contribution in [0.15, 0.2) is 96.5 Å². The molecule has 0 radical (unpaired) electrons. The molecule has 0 bridgehead atoms. The van der Waals surface area contributed by atoms with E-state index in [1.165, 1.54) is 27.6 Å². The van der Waals surface area contributed by atoms with Gasteiger partial charge in [0.1, 0.15) is 17.8 Å². The number of carbonyl (C=O) groups is 5. The molecule has 17 nitrogen and oxygen atoms in total. The van der Waals surface area contributed by atoms with Crippen molar-refractivity contribution in [2.45, 2.75) is 110 Å². The number of nitrogens with zero attached hydrogens (tertiary/aromatic N) is 6. The predicted molar refractivity (Wildman–Crippen MR) is 327 cm³/mol. The maximum Gasteiger partial charge on any atom is 0.355 e. The number of aromatic carboxylic acids is 1. The molecule has 2 saturated heterocycles. The fourth-order valence-corrected chi connectivity index (χ4v) is 14.8. The number of aryl methyl sites for hydroxylation is 2. The van der Waals surface area contributed by atoms with Crippen molar-refractivity contribution >= 4 is 84.1 Å². The molecule has 20 heteroatoms. The summed E-state index contributed by atoms with van der Waals surface area (Å²) in [5, 5.41) is 31.0. The molecule has 1 spiro atoms. The quantitative estimate of drug-likeness (QED) is 0.0425. The van der Waals surface area contributed by atoms with E-state index < -0.39 is 29.6 Å². The highest BCUT2D eigenvalue weighted by atomic mass is 32.1. The predicted octanol–water partition coefficient (Wildman–Crippen LogP) is 9.36. The topological polar surface area (TPSA) is 220 Å². The van der Waals surface area contributed by atoms with Gasteiger partial charge in [0.15, 0.2) is 16.0 Å². The third kappa shape index (κ3) is 13.4. The molecule has 7 aromatic rings.